The second-order valence-electron chi connectivity index (χ2n) is 19.9. The quantitative estimate of drug-likeness (QED) is 0.0287. The van der Waals surface area contributed by atoms with E-state index in [-0.39, 0.29) is 0 Å². The number of quaternary nitrogens is 1. The Kier molecular flexibility index (Phi) is 22.4. The number of aromatic nitrogens is 6. The van der Waals surface area contributed by atoms with Crippen molar-refractivity contribution < 1.29 is 52.7 Å². The first-order valence-electron chi connectivity index (χ1n) is 28.7. The average molecular weight is 1130 g/mol. The summed E-state index contributed by atoms with van der Waals surface area (Å²) in [5.41, 5.74) is 4.03. The van der Waals surface area contributed by atoms with Gasteiger partial charge in [-0.1, -0.05) is 107 Å². The Morgan fingerprint density at radius 3 is 1.05 bits per heavy atom. The van der Waals surface area contributed by atoms with Crippen molar-refractivity contribution in [3.05, 3.63) is 193 Å². The molecule has 0 spiro atoms. The van der Waals surface area contributed by atoms with E-state index in [4.69, 9.17) is 47.4 Å². The maximum absolute atomic E-state index is 6.23. The molecular weight excluding hydrogens is 1050 g/mol. The van der Waals surface area contributed by atoms with E-state index >= 15 is 0 Å². The Bertz CT molecular complexity index is 3180. The SMILES string of the molecule is c1ccc2c(OCCOCCOCCOCc3cn(CCCOc4ccc(C[NH2+]Cc5ccc(OCCCn6cc(COCCOCCOCCOc7c8ccccc8cc8ccccc78)nn6)cc5)cc4)nn3)c3ccccc3cc2c1. The zero-order valence-corrected chi connectivity index (χ0v) is 47.1. The number of nitrogens with zero attached hydrogens (tertiary/aromatic N) is 6. The van der Waals surface area contributed by atoms with Gasteiger partial charge in [-0.2, -0.15) is 0 Å². The molecule has 0 aliphatic rings. The van der Waals surface area contributed by atoms with Gasteiger partial charge in [0.25, 0.3) is 0 Å². The first-order valence-corrected chi connectivity index (χ1v) is 28.7. The lowest BCUT2D eigenvalue weighted by atomic mass is 10.0. The van der Waals surface area contributed by atoms with Crippen molar-refractivity contribution in [2.24, 2.45) is 0 Å². The zero-order valence-electron chi connectivity index (χ0n) is 47.1. The average Bonchev–Trinajstić information content (AvgIpc) is 4.35. The summed E-state index contributed by atoms with van der Waals surface area (Å²) in [4.78, 5) is 0. The van der Waals surface area contributed by atoms with Gasteiger partial charge >= 0.3 is 0 Å². The third-order valence-corrected chi connectivity index (χ3v) is 13.8. The highest BCUT2D eigenvalue weighted by Gasteiger charge is 2.12. The van der Waals surface area contributed by atoms with Gasteiger partial charge in [0.15, 0.2) is 0 Å². The summed E-state index contributed by atoms with van der Waals surface area (Å²) in [6.07, 6.45) is 5.42. The number of nitrogens with two attached hydrogens (primary N) is 1. The molecule has 0 amide bonds. The first-order chi connectivity index (χ1) is 41.2. The largest absolute Gasteiger partial charge is 0.494 e. The fraction of sp³-hybridized carbons (Fsp3) is 0.333. The Balaban J connectivity index is 0.495. The minimum Gasteiger partial charge on any atom is -0.494 e. The molecule has 0 bridgehead atoms. The van der Waals surface area contributed by atoms with Crippen LogP contribution in [-0.4, -0.2) is 122 Å². The van der Waals surface area contributed by atoms with E-state index in [1.807, 2.05) is 94.6 Å². The molecule has 2 N–H and O–H groups in total. The minimum absolute atomic E-state index is 0.373. The first kappa shape index (κ1) is 58.2. The van der Waals surface area contributed by atoms with Crippen LogP contribution in [0.3, 0.4) is 0 Å². The van der Waals surface area contributed by atoms with Crippen LogP contribution < -0.4 is 24.3 Å². The van der Waals surface area contributed by atoms with Crippen LogP contribution in [0, 0.1) is 0 Å². The maximum atomic E-state index is 6.23. The molecule has 10 aromatic rings. The monoisotopic (exact) mass is 1120 g/mol. The summed E-state index contributed by atoms with van der Waals surface area (Å²) in [6, 6.07) is 54.2. The minimum atomic E-state index is 0.373. The highest BCUT2D eigenvalue weighted by molar-refractivity contribution is 6.06. The van der Waals surface area contributed by atoms with E-state index in [0.717, 1.165) is 103 Å². The van der Waals surface area contributed by atoms with Crippen molar-refractivity contribution in [3.8, 4) is 23.0 Å². The van der Waals surface area contributed by atoms with E-state index in [1.54, 1.807) is 0 Å². The van der Waals surface area contributed by atoms with Crippen LogP contribution in [0.25, 0.3) is 43.1 Å². The van der Waals surface area contributed by atoms with Crippen LogP contribution in [0.5, 0.6) is 23.0 Å². The van der Waals surface area contributed by atoms with Crippen molar-refractivity contribution in [3.63, 3.8) is 0 Å². The molecule has 83 heavy (non-hydrogen) atoms. The topological polar surface area (TPSA) is 170 Å². The molecule has 432 valence electrons. The van der Waals surface area contributed by atoms with E-state index in [9.17, 15) is 0 Å². The molecule has 2 aromatic heterocycles. The maximum Gasteiger partial charge on any atom is 0.135 e. The van der Waals surface area contributed by atoms with Gasteiger partial charge in [0, 0.05) is 58.6 Å². The summed E-state index contributed by atoms with van der Waals surface area (Å²) < 4.78 is 62.6. The number of rotatable bonds is 38. The van der Waals surface area contributed by atoms with Gasteiger partial charge in [-0.25, -0.2) is 0 Å². The lowest BCUT2D eigenvalue weighted by molar-refractivity contribution is -0.686. The summed E-state index contributed by atoms with van der Waals surface area (Å²) >= 11 is 0. The predicted octanol–water partition coefficient (Wildman–Crippen LogP) is 9.94. The van der Waals surface area contributed by atoms with Crippen molar-refractivity contribution in [2.75, 3.05) is 92.5 Å². The van der Waals surface area contributed by atoms with E-state index in [1.165, 1.54) is 11.1 Å². The fourth-order valence-electron chi connectivity index (χ4n) is 9.60. The third kappa shape index (κ3) is 18.0. The molecule has 0 fully saturated rings. The summed E-state index contributed by atoms with van der Waals surface area (Å²) in [6.45, 7) is 10.7. The molecule has 2 heterocycles. The summed E-state index contributed by atoms with van der Waals surface area (Å²) in [5.74, 6) is 3.49. The molecule has 0 atom stereocenters. The lowest BCUT2D eigenvalue weighted by Crippen LogP contribution is -2.80. The van der Waals surface area contributed by atoms with Crippen molar-refractivity contribution in [2.45, 2.75) is 52.2 Å². The van der Waals surface area contributed by atoms with E-state index in [0.29, 0.717) is 119 Å². The van der Waals surface area contributed by atoms with Crippen LogP contribution in [0.2, 0.25) is 0 Å². The highest BCUT2D eigenvalue weighted by Crippen LogP contribution is 2.36. The number of benzene rings is 8. The van der Waals surface area contributed by atoms with E-state index < -0.39 is 0 Å². The van der Waals surface area contributed by atoms with Crippen LogP contribution in [0.4, 0.5) is 0 Å². The second-order valence-corrected chi connectivity index (χ2v) is 19.9. The van der Waals surface area contributed by atoms with Crippen LogP contribution in [-0.2, 0) is 67.8 Å². The van der Waals surface area contributed by atoms with Gasteiger partial charge in [-0.3, -0.25) is 9.36 Å². The molecular formula is C66H74N7O10+. The predicted molar refractivity (Wildman–Crippen MR) is 319 cm³/mol. The van der Waals surface area contributed by atoms with Gasteiger partial charge in [-0.05, 0) is 82.2 Å². The molecule has 17 nitrogen and oxygen atoms in total. The van der Waals surface area contributed by atoms with Gasteiger partial charge in [0.2, 0.25) is 0 Å². The molecule has 10 rings (SSSR count). The molecule has 0 aliphatic heterocycles. The highest BCUT2D eigenvalue weighted by atomic mass is 16.6. The normalized spacial score (nSPS) is 11.6. The van der Waals surface area contributed by atoms with Gasteiger partial charge in [-0.15, -0.1) is 10.2 Å². The lowest BCUT2D eigenvalue weighted by Gasteiger charge is -2.13. The number of aryl methyl sites for hydroxylation is 2. The summed E-state index contributed by atoms with van der Waals surface area (Å²) in [7, 11) is 0. The van der Waals surface area contributed by atoms with Gasteiger partial charge in [0.1, 0.15) is 60.7 Å². The smallest absolute Gasteiger partial charge is 0.135 e. The van der Waals surface area contributed by atoms with Crippen LogP contribution in [0.1, 0.15) is 35.4 Å². The van der Waals surface area contributed by atoms with Gasteiger partial charge < -0.3 is 52.7 Å². The van der Waals surface area contributed by atoms with Crippen molar-refractivity contribution in [1.29, 1.82) is 0 Å². The van der Waals surface area contributed by atoms with Crippen molar-refractivity contribution in [1.82, 2.24) is 30.0 Å². The number of fused-ring (bicyclic) bond motifs is 4. The number of ether oxygens (including phenoxy) is 10. The number of hydrogen-bond donors (Lipinski definition) is 1. The molecule has 0 saturated heterocycles. The molecule has 0 unspecified atom stereocenters. The fourth-order valence-corrected chi connectivity index (χ4v) is 9.60. The third-order valence-electron chi connectivity index (χ3n) is 13.8. The Morgan fingerprint density at radius 1 is 0.337 bits per heavy atom. The van der Waals surface area contributed by atoms with Crippen molar-refractivity contribution >= 4 is 43.1 Å². The summed E-state index contributed by atoms with van der Waals surface area (Å²) in [5, 5.41) is 28.3. The molecule has 0 aliphatic carbocycles. The zero-order chi connectivity index (χ0) is 56.4. The molecule has 17 heteroatoms. The van der Waals surface area contributed by atoms with Gasteiger partial charge in [0.05, 0.1) is 105 Å². The Hall–Kier alpha value is -8.00. The van der Waals surface area contributed by atoms with E-state index in [2.05, 4.69) is 111 Å². The molecule has 0 radical (unpaired) electrons. The van der Waals surface area contributed by atoms with Crippen LogP contribution >= 0.6 is 0 Å². The Labute approximate surface area is 484 Å². The number of hydrogen-bond acceptors (Lipinski definition) is 14. The molecule has 8 aromatic carbocycles. The molecule has 0 saturated carbocycles. The second kappa shape index (κ2) is 32.0. The standard InChI is InChI=1S/C66H73N7O10/c1-5-15-61-53(11-1)43-54-12-2-6-16-62(54)65(61)82-41-39-76-33-31-74-35-37-78-49-57-47-72(70-68-57)27-9-29-80-59-23-19-51(20-24-59)45-67-46-52-21-25-60(26-22-52)81-30-10-28-73-48-58(69-71-73)50-79-38-36-75-32-34-77-40-42-83-66-63-17-7-3-13-55(63)44-56-14-4-8-18-64(56)66/h1-8,11-26,43-44,47-48,67H,9-10,27-42,45-46,49-50H2/p+1. The van der Waals surface area contributed by atoms with Crippen LogP contribution in [0.15, 0.2) is 170 Å². The Morgan fingerprint density at radius 2 is 0.675 bits per heavy atom.